The van der Waals surface area contributed by atoms with Crippen LogP contribution in [0.2, 0.25) is 0 Å². The van der Waals surface area contributed by atoms with Gasteiger partial charge in [-0.3, -0.25) is 10.2 Å². The van der Waals surface area contributed by atoms with Gasteiger partial charge in [-0.05, 0) is 38.5 Å². The van der Waals surface area contributed by atoms with E-state index in [2.05, 4.69) is 15.2 Å². The highest BCUT2D eigenvalue weighted by molar-refractivity contribution is 5.88. The smallest absolute Gasteiger partial charge is 0.331 e. The summed E-state index contributed by atoms with van der Waals surface area (Å²) < 4.78 is 5.15. The fourth-order valence-electron chi connectivity index (χ4n) is 1.33. The first-order valence-electron chi connectivity index (χ1n) is 5.37. The van der Waals surface area contributed by atoms with E-state index in [1.807, 2.05) is 26.8 Å². The summed E-state index contributed by atoms with van der Waals surface area (Å²) in [5.74, 6) is -0.355. The number of H-pyrrole nitrogens is 2. The molecule has 90 valence electrons. The Morgan fingerprint density at radius 1 is 1.41 bits per heavy atom. The van der Waals surface area contributed by atoms with E-state index in [0.29, 0.717) is 0 Å². The molecule has 5 nitrogen and oxygen atoms in total. The summed E-state index contributed by atoms with van der Waals surface area (Å²) in [6.45, 7) is 5.50. The molecule has 0 aliphatic heterocycles. The van der Waals surface area contributed by atoms with E-state index in [1.54, 1.807) is 12.3 Å². The Balaban J connectivity index is 2.04. The van der Waals surface area contributed by atoms with Crippen molar-refractivity contribution in [2.45, 2.75) is 26.4 Å². The average Bonchev–Trinajstić information content (AvgIpc) is 2.15. The summed E-state index contributed by atoms with van der Waals surface area (Å²) in [5.41, 5.74) is 2.13. The number of hydrogen-bond acceptors (Lipinski definition) is 3. The van der Waals surface area contributed by atoms with Crippen LogP contribution >= 0.6 is 0 Å². The maximum absolute atomic E-state index is 11.4. The van der Waals surface area contributed by atoms with Crippen LogP contribution in [0.15, 0.2) is 18.3 Å². The van der Waals surface area contributed by atoms with E-state index < -0.39 is 5.60 Å². The Kier molecular flexibility index (Phi) is 2.75. The van der Waals surface area contributed by atoms with Crippen LogP contribution in [-0.4, -0.2) is 26.8 Å². The second-order valence-corrected chi connectivity index (χ2v) is 4.78. The van der Waals surface area contributed by atoms with E-state index in [-0.39, 0.29) is 5.97 Å². The molecule has 2 heterocycles. The van der Waals surface area contributed by atoms with Crippen LogP contribution in [0.1, 0.15) is 26.3 Å². The van der Waals surface area contributed by atoms with Crippen LogP contribution in [0.25, 0.3) is 17.2 Å². The van der Waals surface area contributed by atoms with Crippen LogP contribution in [0.3, 0.4) is 0 Å². The molecule has 0 aliphatic carbocycles. The molecular formula is C12H15N3O2. The maximum Gasteiger partial charge on any atom is 0.331 e. The highest BCUT2D eigenvalue weighted by Crippen LogP contribution is 2.12. The van der Waals surface area contributed by atoms with Gasteiger partial charge < -0.3 is 4.74 Å². The number of nitrogens with zero attached hydrogens (tertiary/aromatic N) is 1. The first kappa shape index (κ1) is 11.4. The van der Waals surface area contributed by atoms with Crippen molar-refractivity contribution in [2.24, 2.45) is 0 Å². The van der Waals surface area contributed by atoms with Crippen molar-refractivity contribution >= 4 is 23.2 Å². The molecule has 0 unspecified atom stereocenters. The van der Waals surface area contributed by atoms with Gasteiger partial charge in [0.25, 0.3) is 0 Å². The number of fused-ring (bicyclic) bond motifs is 1. The molecule has 0 saturated carbocycles. The van der Waals surface area contributed by atoms with Crippen LogP contribution in [0.5, 0.6) is 0 Å². The first-order chi connectivity index (χ1) is 7.94. The van der Waals surface area contributed by atoms with Crippen molar-refractivity contribution in [3.05, 3.63) is 23.9 Å². The summed E-state index contributed by atoms with van der Waals surface area (Å²) in [4.78, 5) is 15.6. The molecule has 2 aromatic heterocycles. The van der Waals surface area contributed by atoms with Crippen molar-refractivity contribution in [1.29, 1.82) is 0 Å². The summed E-state index contributed by atoms with van der Waals surface area (Å²) in [6, 6.07) is 1.90. The molecule has 0 amide bonds. The van der Waals surface area contributed by atoms with Gasteiger partial charge in [-0.25, -0.2) is 9.78 Å². The SMILES string of the molecule is CC(C)(C)OC(=O)/C=C/c1cnc2[nH][nH]c2c1. The molecule has 0 atom stereocenters. The molecule has 0 bridgehead atoms. The lowest BCUT2D eigenvalue weighted by Crippen LogP contribution is -2.22. The first-order valence-corrected chi connectivity index (χ1v) is 5.37. The molecule has 0 aromatic carbocycles. The molecule has 0 aliphatic rings. The summed E-state index contributed by atoms with van der Waals surface area (Å²) in [6.07, 6.45) is 4.77. The van der Waals surface area contributed by atoms with Crippen LogP contribution in [0, 0.1) is 0 Å². The van der Waals surface area contributed by atoms with Crippen LogP contribution < -0.4 is 0 Å². The minimum absolute atomic E-state index is 0.355. The third-order valence-electron chi connectivity index (χ3n) is 2.04. The second kappa shape index (κ2) is 4.08. The number of pyridine rings is 1. The summed E-state index contributed by atoms with van der Waals surface area (Å²) >= 11 is 0. The molecule has 2 rings (SSSR count). The van der Waals surface area contributed by atoms with Crippen LogP contribution in [-0.2, 0) is 9.53 Å². The van der Waals surface area contributed by atoms with Gasteiger partial charge in [0, 0.05) is 12.3 Å². The van der Waals surface area contributed by atoms with E-state index in [9.17, 15) is 4.79 Å². The molecule has 0 radical (unpaired) electrons. The fraction of sp³-hybridized carbons (Fsp3) is 0.333. The summed E-state index contributed by atoms with van der Waals surface area (Å²) in [7, 11) is 0. The Labute approximate surface area is 98.9 Å². The van der Waals surface area contributed by atoms with Crippen LogP contribution in [0.4, 0.5) is 0 Å². The zero-order valence-corrected chi connectivity index (χ0v) is 10.1. The molecule has 5 heteroatoms. The molecule has 0 fully saturated rings. The highest BCUT2D eigenvalue weighted by Gasteiger charge is 2.13. The zero-order chi connectivity index (χ0) is 12.5. The second-order valence-electron chi connectivity index (χ2n) is 4.78. The minimum atomic E-state index is -0.467. The van der Waals surface area contributed by atoms with Gasteiger partial charge in [0.2, 0.25) is 0 Å². The van der Waals surface area contributed by atoms with Crippen molar-refractivity contribution in [1.82, 2.24) is 15.2 Å². The Morgan fingerprint density at radius 2 is 2.18 bits per heavy atom. The topological polar surface area (TPSA) is 70.8 Å². The number of aromatic nitrogens is 3. The molecular weight excluding hydrogens is 218 g/mol. The Bertz CT molecular complexity index is 558. The third-order valence-corrected chi connectivity index (χ3v) is 2.04. The lowest BCUT2D eigenvalue weighted by molar-refractivity contribution is -0.148. The largest absolute Gasteiger partial charge is 0.457 e. The van der Waals surface area contributed by atoms with Crippen molar-refractivity contribution in [3.8, 4) is 0 Å². The molecule has 2 N–H and O–H groups in total. The fourth-order valence-corrected chi connectivity index (χ4v) is 1.33. The number of nitrogens with one attached hydrogen (secondary N) is 2. The number of aromatic amines is 2. The van der Waals surface area contributed by atoms with Gasteiger partial charge in [-0.1, -0.05) is 0 Å². The van der Waals surface area contributed by atoms with Gasteiger partial charge >= 0.3 is 5.97 Å². The standard InChI is InChI=1S/C12H15N3O2/c1-12(2,3)17-10(16)5-4-8-6-9-11(13-7-8)15-14-9/h4-7,14H,1-3H3,(H,13,15)/b5-4+. The number of carbonyl (C=O) groups is 1. The Morgan fingerprint density at radius 3 is 2.71 bits per heavy atom. The highest BCUT2D eigenvalue weighted by atomic mass is 16.6. The number of esters is 1. The van der Waals surface area contributed by atoms with Gasteiger partial charge in [0.1, 0.15) is 5.60 Å². The average molecular weight is 233 g/mol. The van der Waals surface area contributed by atoms with E-state index in [4.69, 9.17) is 4.74 Å². The van der Waals surface area contributed by atoms with Crippen molar-refractivity contribution < 1.29 is 9.53 Å². The van der Waals surface area contributed by atoms with E-state index >= 15 is 0 Å². The minimum Gasteiger partial charge on any atom is -0.457 e. The maximum atomic E-state index is 11.4. The zero-order valence-electron chi connectivity index (χ0n) is 10.1. The predicted octanol–water partition coefficient (Wildman–Crippen LogP) is 2.25. The molecule has 0 saturated heterocycles. The van der Waals surface area contributed by atoms with Crippen molar-refractivity contribution in [2.75, 3.05) is 0 Å². The number of ether oxygens (including phenoxy) is 1. The lowest BCUT2D eigenvalue weighted by Gasteiger charge is -2.17. The van der Waals surface area contributed by atoms with Gasteiger partial charge in [-0.15, -0.1) is 0 Å². The molecule has 2 aromatic rings. The lowest BCUT2D eigenvalue weighted by atomic mass is 10.2. The molecule has 0 spiro atoms. The Hall–Kier alpha value is -2.04. The van der Waals surface area contributed by atoms with E-state index in [0.717, 1.165) is 16.7 Å². The van der Waals surface area contributed by atoms with Crippen molar-refractivity contribution in [3.63, 3.8) is 0 Å². The summed E-state index contributed by atoms with van der Waals surface area (Å²) in [5, 5.41) is 5.73. The van der Waals surface area contributed by atoms with E-state index in [1.165, 1.54) is 6.08 Å². The number of carbonyl (C=O) groups excluding carboxylic acids is 1. The van der Waals surface area contributed by atoms with Gasteiger partial charge in [0.15, 0.2) is 5.65 Å². The normalized spacial score (nSPS) is 12.4. The van der Waals surface area contributed by atoms with Gasteiger partial charge in [0.05, 0.1) is 5.52 Å². The third kappa shape index (κ3) is 2.96. The monoisotopic (exact) mass is 233 g/mol. The quantitative estimate of drug-likeness (QED) is 0.617. The number of hydrogen-bond donors (Lipinski definition) is 2. The van der Waals surface area contributed by atoms with Gasteiger partial charge in [-0.2, -0.15) is 0 Å². The predicted molar refractivity (Wildman–Crippen MR) is 65.3 cm³/mol. The number of rotatable bonds is 2. The molecule has 17 heavy (non-hydrogen) atoms.